The molecular weight excluding hydrogens is 261 g/mol. The lowest BCUT2D eigenvalue weighted by Crippen LogP contribution is -2.16. The van der Waals surface area contributed by atoms with E-state index in [1.807, 2.05) is 6.07 Å². The van der Waals surface area contributed by atoms with Gasteiger partial charge in [-0.1, -0.05) is 17.3 Å². The van der Waals surface area contributed by atoms with Gasteiger partial charge in [0.25, 0.3) is 5.89 Å². The fourth-order valence-corrected chi connectivity index (χ4v) is 1.93. The number of para-hydroxylation sites is 1. The fourth-order valence-electron chi connectivity index (χ4n) is 1.93. The van der Waals surface area contributed by atoms with Gasteiger partial charge in [0, 0.05) is 18.2 Å². The standard InChI is InChI=1S/C14H16FN3O2/c1-9-17-13(20-18-9)8-19-14-10(3-2-4-12(14)15)7-16-11-5-6-11/h2-4,11,16H,5-8H2,1H3. The van der Waals surface area contributed by atoms with Crippen LogP contribution in [0.5, 0.6) is 5.75 Å². The Morgan fingerprint density at radius 3 is 3.00 bits per heavy atom. The smallest absolute Gasteiger partial charge is 0.264 e. The summed E-state index contributed by atoms with van der Waals surface area (Å²) in [6.45, 7) is 2.39. The number of halogens is 1. The Kier molecular flexibility index (Phi) is 3.64. The number of hydrogen-bond acceptors (Lipinski definition) is 5. The number of nitrogens with one attached hydrogen (secondary N) is 1. The SMILES string of the molecule is Cc1noc(COc2c(F)cccc2CNC2CC2)n1. The van der Waals surface area contributed by atoms with Gasteiger partial charge in [0.2, 0.25) is 0 Å². The molecule has 1 N–H and O–H groups in total. The van der Waals surface area contributed by atoms with Gasteiger partial charge < -0.3 is 14.6 Å². The zero-order valence-electron chi connectivity index (χ0n) is 11.2. The molecule has 5 nitrogen and oxygen atoms in total. The van der Waals surface area contributed by atoms with Gasteiger partial charge in [-0.25, -0.2) is 4.39 Å². The van der Waals surface area contributed by atoms with Crippen molar-refractivity contribution in [1.29, 1.82) is 0 Å². The Hall–Kier alpha value is -1.95. The molecule has 1 aliphatic carbocycles. The van der Waals surface area contributed by atoms with Crippen LogP contribution in [0.3, 0.4) is 0 Å². The van der Waals surface area contributed by atoms with Gasteiger partial charge in [-0.05, 0) is 25.8 Å². The zero-order valence-corrected chi connectivity index (χ0v) is 11.2. The minimum atomic E-state index is -0.378. The third-order valence-corrected chi connectivity index (χ3v) is 3.12. The number of aromatic nitrogens is 2. The lowest BCUT2D eigenvalue weighted by molar-refractivity contribution is 0.231. The Morgan fingerprint density at radius 2 is 2.30 bits per heavy atom. The highest BCUT2D eigenvalue weighted by molar-refractivity contribution is 5.35. The van der Waals surface area contributed by atoms with E-state index < -0.39 is 0 Å². The topological polar surface area (TPSA) is 60.2 Å². The zero-order chi connectivity index (χ0) is 13.9. The molecule has 2 aromatic rings. The van der Waals surface area contributed by atoms with Crippen molar-refractivity contribution in [3.63, 3.8) is 0 Å². The Labute approximate surface area is 116 Å². The molecule has 0 bridgehead atoms. The average Bonchev–Trinajstić information content (AvgIpc) is 3.17. The molecule has 1 aliphatic rings. The summed E-state index contributed by atoms with van der Waals surface area (Å²) in [6.07, 6.45) is 2.37. The van der Waals surface area contributed by atoms with Crippen LogP contribution < -0.4 is 10.1 Å². The van der Waals surface area contributed by atoms with Crippen LogP contribution in [0.2, 0.25) is 0 Å². The van der Waals surface area contributed by atoms with Crippen molar-refractivity contribution in [2.24, 2.45) is 0 Å². The molecule has 0 unspecified atom stereocenters. The Bertz CT molecular complexity index is 596. The normalized spacial score (nSPS) is 14.5. The molecule has 0 aliphatic heterocycles. The lowest BCUT2D eigenvalue weighted by atomic mass is 10.2. The van der Waals surface area contributed by atoms with Gasteiger partial charge >= 0.3 is 0 Å². The van der Waals surface area contributed by atoms with Crippen LogP contribution in [0.1, 0.15) is 30.1 Å². The summed E-state index contributed by atoms with van der Waals surface area (Å²) in [4.78, 5) is 4.03. The van der Waals surface area contributed by atoms with Crippen molar-refractivity contribution in [2.45, 2.75) is 39.0 Å². The van der Waals surface area contributed by atoms with Crippen molar-refractivity contribution in [3.05, 3.63) is 41.3 Å². The highest BCUT2D eigenvalue weighted by Gasteiger charge is 2.21. The van der Waals surface area contributed by atoms with Crippen LogP contribution in [0, 0.1) is 12.7 Å². The summed E-state index contributed by atoms with van der Waals surface area (Å²) in [7, 11) is 0. The third-order valence-electron chi connectivity index (χ3n) is 3.12. The highest BCUT2D eigenvalue weighted by Crippen LogP contribution is 2.25. The molecule has 1 heterocycles. The summed E-state index contributed by atoms with van der Waals surface area (Å²) in [6, 6.07) is 5.48. The van der Waals surface area contributed by atoms with Crippen LogP contribution in [0.25, 0.3) is 0 Å². The van der Waals surface area contributed by atoms with Gasteiger partial charge in [-0.3, -0.25) is 0 Å². The summed E-state index contributed by atoms with van der Waals surface area (Å²) in [5.74, 6) is 0.743. The van der Waals surface area contributed by atoms with E-state index in [0.717, 1.165) is 5.56 Å². The van der Waals surface area contributed by atoms with Crippen molar-refractivity contribution in [1.82, 2.24) is 15.5 Å². The lowest BCUT2D eigenvalue weighted by Gasteiger charge is -2.11. The Balaban J connectivity index is 1.69. The number of rotatable bonds is 6. The van der Waals surface area contributed by atoms with E-state index >= 15 is 0 Å². The monoisotopic (exact) mass is 277 g/mol. The fraction of sp³-hybridized carbons (Fsp3) is 0.429. The van der Waals surface area contributed by atoms with Crippen molar-refractivity contribution in [2.75, 3.05) is 0 Å². The van der Waals surface area contributed by atoms with Gasteiger partial charge in [0.15, 0.2) is 24.0 Å². The number of ether oxygens (including phenoxy) is 1. The van der Waals surface area contributed by atoms with Crippen molar-refractivity contribution in [3.8, 4) is 5.75 Å². The maximum absolute atomic E-state index is 13.9. The molecule has 1 fully saturated rings. The average molecular weight is 277 g/mol. The maximum atomic E-state index is 13.9. The van der Waals surface area contributed by atoms with Crippen LogP contribution in [-0.2, 0) is 13.2 Å². The summed E-state index contributed by atoms with van der Waals surface area (Å²) in [5.41, 5.74) is 0.799. The first-order chi connectivity index (χ1) is 9.72. The third kappa shape index (κ3) is 3.14. The van der Waals surface area contributed by atoms with E-state index in [0.29, 0.717) is 24.3 Å². The van der Waals surface area contributed by atoms with Crippen LogP contribution in [-0.4, -0.2) is 16.2 Å². The Morgan fingerprint density at radius 1 is 1.45 bits per heavy atom. The van der Waals surface area contributed by atoms with Crippen LogP contribution in [0.15, 0.2) is 22.7 Å². The predicted molar refractivity (Wildman–Crippen MR) is 69.6 cm³/mol. The number of nitrogens with zero attached hydrogens (tertiary/aromatic N) is 2. The van der Waals surface area contributed by atoms with Gasteiger partial charge in [-0.2, -0.15) is 4.98 Å². The molecule has 0 amide bonds. The second-order valence-corrected chi connectivity index (χ2v) is 4.91. The summed E-state index contributed by atoms with van der Waals surface area (Å²) < 4.78 is 24.3. The van der Waals surface area contributed by atoms with E-state index in [-0.39, 0.29) is 18.2 Å². The number of aryl methyl sites for hydroxylation is 1. The highest BCUT2D eigenvalue weighted by atomic mass is 19.1. The molecule has 20 heavy (non-hydrogen) atoms. The molecule has 106 valence electrons. The van der Waals surface area contributed by atoms with E-state index in [2.05, 4.69) is 15.5 Å². The molecule has 3 rings (SSSR count). The quantitative estimate of drug-likeness (QED) is 0.878. The molecule has 6 heteroatoms. The second kappa shape index (κ2) is 5.58. The first kappa shape index (κ1) is 13.1. The molecule has 0 radical (unpaired) electrons. The molecule has 0 atom stereocenters. The molecular formula is C14H16FN3O2. The first-order valence-electron chi connectivity index (χ1n) is 6.65. The minimum absolute atomic E-state index is 0.0677. The maximum Gasteiger partial charge on any atom is 0.264 e. The van der Waals surface area contributed by atoms with Gasteiger partial charge in [0.1, 0.15) is 0 Å². The molecule has 1 aromatic heterocycles. The second-order valence-electron chi connectivity index (χ2n) is 4.91. The van der Waals surface area contributed by atoms with E-state index in [4.69, 9.17) is 9.26 Å². The molecule has 1 aromatic carbocycles. The van der Waals surface area contributed by atoms with E-state index in [1.165, 1.54) is 18.9 Å². The molecule has 1 saturated carbocycles. The minimum Gasteiger partial charge on any atom is -0.480 e. The van der Waals surface area contributed by atoms with Crippen molar-refractivity contribution < 1.29 is 13.7 Å². The largest absolute Gasteiger partial charge is 0.480 e. The first-order valence-corrected chi connectivity index (χ1v) is 6.65. The van der Waals surface area contributed by atoms with E-state index in [1.54, 1.807) is 13.0 Å². The number of hydrogen-bond donors (Lipinski definition) is 1. The number of benzene rings is 1. The molecule has 0 spiro atoms. The predicted octanol–water partition coefficient (Wildman–Crippen LogP) is 2.35. The molecule has 0 saturated heterocycles. The summed E-state index contributed by atoms with van der Waals surface area (Å²) in [5, 5.41) is 7.01. The van der Waals surface area contributed by atoms with Gasteiger partial charge in [-0.15, -0.1) is 0 Å². The van der Waals surface area contributed by atoms with Crippen LogP contribution >= 0.6 is 0 Å². The van der Waals surface area contributed by atoms with Crippen LogP contribution in [0.4, 0.5) is 4.39 Å². The van der Waals surface area contributed by atoms with Crippen molar-refractivity contribution >= 4 is 0 Å². The van der Waals surface area contributed by atoms with Gasteiger partial charge in [0.05, 0.1) is 0 Å². The summed E-state index contributed by atoms with van der Waals surface area (Å²) >= 11 is 0. The van der Waals surface area contributed by atoms with E-state index in [9.17, 15) is 4.39 Å².